The van der Waals surface area contributed by atoms with Crippen LogP contribution in [-0.2, 0) is 16.3 Å². The number of hydrogen-bond acceptors (Lipinski definition) is 3. The largest absolute Gasteiger partial charge is 0.328 e. The van der Waals surface area contributed by atoms with Gasteiger partial charge in [-0.1, -0.05) is 48.5 Å². The highest BCUT2D eigenvalue weighted by atomic mass is 32.2. The predicted octanol–water partition coefficient (Wildman–Crippen LogP) is 2.81. The van der Waals surface area contributed by atoms with E-state index in [1.54, 1.807) is 24.3 Å². The fraction of sp³-hybridized carbons (Fsp3) is 0.294. The zero-order chi connectivity index (χ0) is 15.1. The lowest BCUT2D eigenvalue weighted by molar-refractivity contribution is 0.567. The molecule has 0 saturated carbocycles. The lowest BCUT2D eigenvalue weighted by Crippen LogP contribution is -2.24. The van der Waals surface area contributed by atoms with Crippen LogP contribution in [0.1, 0.15) is 18.4 Å². The van der Waals surface area contributed by atoms with E-state index in [1.165, 1.54) is 5.56 Å². The van der Waals surface area contributed by atoms with Gasteiger partial charge < -0.3 is 5.73 Å². The average molecular weight is 303 g/mol. The molecule has 0 aliphatic rings. The first-order valence-corrected chi connectivity index (χ1v) is 8.80. The Kier molecular flexibility index (Phi) is 5.53. The van der Waals surface area contributed by atoms with Crippen LogP contribution in [0.4, 0.5) is 0 Å². The third-order valence-corrected chi connectivity index (χ3v) is 5.27. The Morgan fingerprint density at radius 3 is 2.05 bits per heavy atom. The average Bonchev–Trinajstić information content (AvgIpc) is 2.53. The predicted molar refractivity (Wildman–Crippen MR) is 85.9 cm³/mol. The van der Waals surface area contributed by atoms with Crippen LogP contribution in [0.25, 0.3) is 0 Å². The van der Waals surface area contributed by atoms with Crippen molar-refractivity contribution in [1.82, 2.24) is 0 Å². The van der Waals surface area contributed by atoms with Gasteiger partial charge in [0.25, 0.3) is 0 Å². The molecule has 0 bridgehead atoms. The van der Waals surface area contributed by atoms with Crippen molar-refractivity contribution < 1.29 is 8.42 Å². The minimum atomic E-state index is -3.22. The summed E-state index contributed by atoms with van der Waals surface area (Å²) in [6.07, 6.45) is 2.17. The zero-order valence-electron chi connectivity index (χ0n) is 12.0. The fourth-order valence-corrected chi connectivity index (χ4v) is 3.61. The molecule has 0 aliphatic carbocycles. The standard InChI is InChI=1S/C17H21NO2S/c18-16(12-11-15-7-3-1-4-8-15)13-14-21(19,20)17-9-5-2-6-10-17/h1-10,16H,11-14,18H2. The van der Waals surface area contributed by atoms with Gasteiger partial charge in [-0.3, -0.25) is 0 Å². The molecule has 2 aromatic rings. The summed E-state index contributed by atoms with van der Waals surface area (Å²) in [5.41, 5.74) is 7.28. The Labute approximate surface area is 126 Å². The molecule has 0 amide bonds. The second-order valence-electron chi connectivity index (χ2n) is 5.20. The molecular formula is C17H21NO2S. The van der Waals surface area contributed by atoms with Gasteiger partial charge in [0.05, 0.1) is 10.6 Å². The highest BCUT2D eigenvalue weighted by Crippen LogP contribution is 2.13. The van der Waals surface area contributed by atoms with Crippen LogP contribution in [0.2, 0.25) is 0 Å². The number of rotatable bonds is 7. The van der Waals surface area contributed by atoms with Crippen LogP contribution in [0.15, 0.2) is 65.6 Å². The summed E-state index contributed by atoms with van der Waals surface area (Å²) in [6, 6.07) is 18.6. The normalized spacial score (nSPS) is 13.0. The lowest BCUT2D eigenvalue weighted by atomic mass is 10.0. The molecule has 0 saturated heterocycles. The van der Waals surface area contributed by atoms with Crippen LogP contribution in [-0.4, -0.2) is 20.2 Å². The monoisotopic (exact) mass is 303 g/mol. The minimum absolute atomic E-state index is 0.0938. The number of nitrogens with two attached hydrogens (primary N) is 1. The van der Waals surface area contributed by atoms with E-state index in [2.05, 4.69) is 12.1 Å². The molecule has 1 unspecified atom stereocenters. The Hall–Kier alpha value is -1.65. The quantitative estimate of drug-likeness (QED) is 0.855. The third kappa shape index (κ3) is 4.99. The molecule has 2 N–H and O–H groups in total. The van der Waals surface area contributed by atoms with Crippen molar-refractivity contribution >= 4 is 9.84 Å². The van der Waals surface area contributed by atoms with Crippen molar-refractivity contribution in [3.63, 3.8) is 0 Å². The first-order chi connectivity index (χ1) is 10.1. The van der Waals surface area contributed by atoms with Crippen molar-refractivity contribution in [2.45, 2.75) is 30.2 Å². The summed E-state index contributed by atoms with van der Waals surface area (Å²) in [5.74, 6) is 0.104. The number of benzene rings is 2. The topological polar surface area (TPSA) is 60.2 Å². The van der Waals surface area contributed by atoms with E-state index >= 15 is 0 Å². The maximum atomic E-state index is 12.2. The second kappa shape index (κ2) is 7.38. The molecule has 0 aliphatic heterocycles. The van der Waals surface area contributed by atoms with Crippen LogP contribution >= 0.6 is 0 Å². The van der Waals surface area contributed by atoms with Crippen molar-refractivity contribution in [2.24, 2.45) is 5.73 Å². The Morgan fingerprint density at radius 2 is 1.43 bits per heavy atom. The summed E-state index contributed by atoms with van der Waals surface area (Å²) in [7, 11) is -3.22. The maximum absolute atomic E-state index is 12.2. The Balaban J connectivity index is 1.82. The molecule has 0 spiro atoms. The number of hydrogen-bond donors (Lipinski definition) is 1. The molecule has 0 radical (unpaired) electrons. The second-order valence-corrected chi connectivity index (χ2v) is 7.31. The van der Waals surface area contributed by atoms with E-state index in [0.29, 0.717) is 11.3 Å². The summed E-state index contributed by atoms with van der Waals surface area (Å²) < 4.78 is 24.3. The van der Waals surface area contributed by atoms with Gasteiger partial charge in [0.2, 0.25) is 0 Å². The van der Waals surface area contributed by atoms with Gasteiger partial charge in [-0.05, 0) is 37.0 Å². The molecule has 0 heterocycles. The molecule has 2 rings (SSSR count). The van der Waals surface area contributed by atoms with Gasteiger partial charge in [0.1, 0.15) is 0 Å². The van der Waals surface area contributed by atoms with Crippen LogP contribution in [0.5, 0.6) is 0 Å². The van der Waals surface area contributed by atoms with E-state index in [-0.39, 0.29) is 11.8 Å². The van der Waals surface area contributed by atoms with Gasteiger partial charge in [0, 0.05) is 6.04 Å². The van der Waals surface area contributed by atoms with Crippen molar-refractivity contribution in [3.05, 3.63) is 66.2 Å². The molecule has 0 fully saturated rings. The summed E-state index contributed by atoms with van der Waals surface area (Å²) in [5, 5.41) is 0. The summed E-state index contributed by atoms with van der Waals surface area (Å²) in [6.45, 7) is 0. The minimum Gasteiger partial charge on any atom is -0.328 e. The van der Waals surface area contributed by atoms with Crippen LogP contribution in [0.3, 0.4) is 0 Å². The molecule has 21 heavy (non-hydrogen) atoms. The molecule has 3 nitrogen and oxygen atoms in total. The van der Waals surface area contributed by atoms with Crippen LogP contribution in [0, 0.1) is 0 Å². The van der Waals surface area contributed by atoms with Gasteiger partial charge in [0.15, 0.2) is 9.84 Å². The van der Waals surface area contributed by atoms with Gasteiger partial charge in [-0.25, -0.2) is 8.42 Å². The Morgan fingerprint density at radius 1 is 0.857 bits per heavy atom. The first-order valence-electron chi connectivity index (χ1n) is 7.15. The van der Waals surface area contributed by atoms with Crippen molar-refractivity contribution in [3.8, 4) is 0 Å². The van der Waals surface area contributed by atoms with E-state index in [4.69, 9.17) is 5.73 Å². The summed E-state index contributed by atoms with van der Waals surface area (Å²) >= 11 is 0. The smallest absolute Gasteiger partial charge is 0.178 e. The van der Waals surface area contributed by atoms with E-state index in [0.717, 1.165) is 12.8 Å². The molecular weight excluding hydrogens is 282 g/mol. The lowest BCUT2D eigenvalue weighted by Gasteiger charge is -2.12. The SMILES string of the molecule is NC(CCc1ccccc1)CCS(=O)(=O)c1ccccc1. The van der Waals surface area contributed by atoms with E-state index in [9.17, 15) is 8.42 Å². The zero-order valence-corrected chi connectivity index (χ0v) is 12.8. The molecule has 2 aromatic carbocycles. The van der Waals surface area contributed by atoms with Crippen LogP contribution < -0.4 is 5.73 Å². The van der Waals surface area contributed by atoms with Gasteiger partial charge in [-0.2, -0.15) is 0 Å². The molecule has 4 heteroatoms. The van der Waals surface area contributed by atoms with Crippen molar-refractivity contribution in [2.75, 3.05) is 5.75 Å². The number of sulfone groups is 1. The Bertz CT molecular complexity index is 639. The van der Waals surface area contributed by atoms with E-state index in [1.807, 2.05) is 24.3 Å². The van der Waals surface area contributed by atoms with Crippen molar-refractivity contribution in [1.29, 1.82) is 0 Å². The highest BCUT2D eigenvalue weighted by molar-refractivity contribution is 7.91. The van der Waals surface area contributed by atoms with E-state index < -0.39 is 9.84 Å². The van der Waals surface area contributed by atoms with Gasteiger partial charge in [-0.15, -0.1) is 0 Å². The number of aryl methyl sites for hydroxylation is 1. The fourth-order valence-electron chi connectivity index (χ4n) is 2.19. The highest BCUT2D eigenvalue weighted by Gasteiger charge is 2.15. The molecule has 112 valence electrons. The third-order valence-electron chi connectivity index (χ3n) is 3.51. The maximum Gasteiger partial charge on any atom is 0.178 e. The molecule has 1 atom stereocenters. The first kappa shape index (κ1) is 15.7. The summed E-state index contributed by atoms with van der Waals surface area (Å²) in [4.78, 5) is 0.375. The molecule has 0 aromatic heterocycles. The van der Waals surface area contributed by atoms with Gasteiger partial charge >= 0.3 is 0 Å².